The molecule has 3 aliphatic heterocycles. The van der Waals surface area contributed by atoms with E-state index in [4.69, 9.17) is 15.1 Å². The molecule has 23 nitrogen and oxygen atoms in total. The molecule has 3 atom stereocenters. The fourth-order valence-electron chi connectivity index (χ4n) is 13.4. The normalized spacial score (nSPS) is 18.0. The van der Waals surface area contributed by atoms with E-state index in [9.17, 15) is 18.8 Å². The molecule has 0 bridgehead atoms. The Morgan fingerprint density at radius 1 is 0.565 bits per heavy atom. The van der Waals surface area contributed by atoms with E-state index in [2.05, 4.69) is 95.1 Å². The number of aromatic nitrogens is 14. The van der Waals surface area contributed by atoms with Crippen molar-refractivity contribution in [3.8, 4) is 34.0 Å². The standard InChI is InChI=1S/C23H27N7O.C23H26N6O.C22H23FN6O2/c1-15-11-30-21(16(2)24-15)9-20(26-30)19-10-23(31)29-14-18(5-6-22(29)25-19)28-8-7-17(13-28)12-27(3)4;1-13-7-18(8-14(2)24-13)17-5-6-22-26-19(10-23(30)28(22)12-17)20-9-21-16(4)25-15(3)11-29(21)27-20;1-15-12-28-13-16(10-18(23)22(28)24-15)19-11-21(31)29-14-17(2-3-20(29)25-19)27-6-4-26(5-7-27)8-9-30/h5-6,9-11,14,17H,7-8,12-13H2,1-4H3;5-6,9-14,18,24H,7-8H2,1-4H3;2-3,10-14,30H,4-9H2,1H3/t17-;13-,14-;/m10./s1. The molecule has 2 N–H and O–H groups in total. The second-order valence-electron chi connectivity index (χ2n) is 25.3. The molecule has 12 aromatic rings. The molecule has 0 saturated carbocycles. The quantitative estimate of drug-likeness (QED) is 0.138. The fraction of sp³-hybridized carbons (Fsp3) is 0.368. The number of fused-ring (bicyclic) bond motifs is 6. The van der Waals surface area contributed by atoms with Gasteiger partial charge in [-0.2, -0.15) is 10.2 Å². The van der Waals surface area contributed by atoms with Crippen molar-refractivity contribution in [2.45, 2.75) is 85.7 Å². The van der Waals surface area contributed by atoms with Crippen LogP contribution in [0.3, 0.4) is 0 Å². The summed E-state index contributed by atoms with van der Waals surface area (Å²) in [4.78, 5) is 74.9. The lowest BCUT2D eigenvalue weighted by atomic mass is 9.84. The van der Waals surface area contributed by atoms with Crippen LogP contribution < -0.4 is 31.8 Å². The largest absolute Gasteiger partial charge is 0.395 e. The number of hydrogen-bond donors (Lipinski definition) is 2. The number of imidazole rings is 1. The van der Waals surface area contributed by atoms with Gasteiger partial charge in [-0.15, -0.1) is 0 Å². The van der Waals surface area contributed by atoms with Crippen molar-refractivity contribution in [2.24, 2.45) is 5.92 Å². The minimum absolute atomic E-state index is 0.0880. The van der Waals surface area contributed by atoms with E-state index < -0.39 is 5.82 Å². The third-order valence-corrected chi connectivity index (χ3v) is 17.7. The number of anilines is 2. The summed E-state index contributed by atoms with van der Waals surface area (Å²) in [7, 11) is 4.23. The molecule has 0 unspecified atom stereocenters. The fourth-order valence-corrected chi connectivity index (χ4v) is 13.4. The summed E-state index contributed by atoms with van der Waals surface area (Å²) < 4.78 is 24.5. The average molecular weight is 1240 g/mol. The number of aliphatic hydroxyl groups is 1. The van der Waals surface area contributed by atoms with Crippen LogP contribution in [0.4, 0.5) is 15.8 Å². The van der Waals surface area contributed by atoms with Gasteiger partial charge in [-0.05, 0) is 148 Å². The van der Waals surface area contributed by atoms with Gasteiger partial charge in [0.05, 0.1) is 87.0 Å². The number of aliphatic hydroxyl groups excluding tert-OH is 1. The van der Waals surface area contributed by atoms with Gasteiger partial charge in [-0.3, -0.25) is 42.5 Å². The lowest BCUT2D eigenvalue weighted by Gasteiger charge is -2.35. The zero-order valence-electron chi connectivity index (χ0n) is 53.4. The summed E-state index contributed by atoms with van der Waals surface area (Å²) in [5.74, 6) is 0.646. The summed E-state index contributed by atoms with van der Waals surface area (Å²) in [5.41, 5.74) is 14.4. The summed E-state index contributed by atoms with van der Waals surface area (Å²) in [6.07, 6.45) is 16.2. The van der Waals surface area contributed by atoms with Gasteiger partial charge in [0.1, 0.15) is 28.3 Å². The number of rotatable bonds is 10. The number of hydrogen-bond acceptors (Lipinski definition) is 17. The highest BCUT2D eigenvalue weighted by Gasteiger charge is 2.27. The van der Waals surface area contributed by atoms with Crippen molar-refractivity contribution < 1.29 is 9.50 Å². The number of aryl methyl sites for hydroxylation is 5. The first-order valence-corrected chi connectivity index (χ1v) is 31.4. The summed E-state index contributed by atoms with van der Waals surface area (Å²) in [6, 6.07) is 22.6. The molecule has 0 spiro atoms. The van der Waals surface area contributed by atoms with Crippen LogP contribution in [0.15, 0.2) is 131 Å². The number of nitrogens with zero attached hydrogens (tertiary/aromatic N) is 18. The van der Waals surface area contributed by atoms with E-state index in [1.54, 1.807) is 59.9 Å². The van der Waals surface area contributed by atoms with Gasteiger partial charge in [0.2, 0.25) is 0 Å². The first-order chi connectivity index (χ1) is 44.2. The maximum Gasteiger partial charge on any atom is 0.258 e. The van der Waals surface area contributed by atoms with Gasteiger partial charge in [0.25, 0.3) is 16.7 Å². The van der Waals surface area contributed by atoms with Gasteiger partial charge in [0.15, 0.2) is 11.5 Å². The molecular weight excluding hydrogens is 1170 g/mol. The zero-order valence-corrected chi connectivity index (χ0v) is 53.4. The van der Waals surface area contributed by atoms with Crippen LogP contribution in [-0.4, -0.2) is 167 Å². The first kappa shape index (κ1) is 61.2. The van der Waals surface area contributed by atoms with E-state index in [1.807, 2.05) is 88.9 Å². The Balaban J connectivity index is 0.000000126. The van der Waals surface area contributed by atoms with Gasteiger partial charge < -0.3 is 29.5 Å². The Kier molecular flexibility index (Phi) is 16.8. The molecule has 474 valence electrons. The number of nitrogens with one attached hydrogen (secondary N) is 1. The molecule has 3 saturated heterocycles. The third kappa shape index (κ3) is 12.7. The average Bonchev–Trinajstić information content (AvgIpc) is 1.37. The maximum atomic E-state index is 14.5. The van der Waals surface area contributed by atoms with Crippen LogP contribution in [0.1, 0.15) is 73.1 Å². The molecule has 3 aliphatic rings. The lowest BCUT2D eigenvalue weighted by molar-refractivity contribution is 0.189. The molecule has 0 aliphatic carbocycles. The Labute approximate surface area is 529 Å². The third-order valence-electron chi connectivity index (χ3n) is 17.7. The minimum Gasteiger partial charge on any atom is -0.395 e. The van der Waals surface area contributed by atoms with Crippen LogP contribution in [0.5, 0.6) is 0 Å². The minimum atomic E-state index is -0.455. The topological polar surface area (TPSA) is 226 Å². The number of β-amino-alcohol motifs (C(OH)–C–C–N with tert-alkyl or cyclic N) is 1. The molecule has 0 aromatic carbocycles. The van der Waals surface area contributed by atoms with Crippen LogP contribution >= 0.6 is 0 Å². The zero-order chi connectivity index (χ0) is 64.2. The molecular formula is C68H76FN19O4. The van der Waals surface area contributed by atoms with Crippen molar-refractivity contribution in [1.29, 1.82) is 0 Å². The highest BCUT2D eigenvalue weighted by molar-refractivity contribution is 5.69. The molecule has 3 fully saturated rings. The van der Waals surface area contributed by atoms with Crippen molar-refractivity contribution >= 4 is 45.0 Å². The van der Waals surface area contributed by atoms with E-state index >= 15 is 0 Å². The van der Waals surface area contributed by atoms with Crippen molar-refractivity contribution in [2.75, 3.05) is 82.9 Å². The van der Waals surface area contributed by atoms with E-state index in [1.165, 1.54) is 28.5 Å². The molecule has 15 rings (SSSR count). The first-order valence-electron chi connectivity index (χ1n) is 31.4. The van der Waals surface area contributed by atoms with Crippen LogP contribution in [0.2, 0.25) is 0 Å². The number of piperidine rings is 1. The second-order valence-corrected chi connectivity index (χ2v) is 25.3. The van der Waals surface area contributed by atoms with Crippen LogP contribution in [0, 0.1) is 46.4 Å². The van der Waals surface area contributed by atoms with E-state index in [0.29, 0.717) is 87.1 Å². The van der Waals surface area contributed by atoms with Gasteiger partial charge in [0, 0.05) is 119 Å². The summed E-state index contributed by atoms with van der Waals surface area (Å²) >= 11 is 0. The Hall–Kier alpha value is -9.62. The Morgan fingerprint density at radius 3 is 1.65 bits per heavy atom. The predicted octanol–water partition coefficient (Wildman–Crippen LogP) is 7.25. The van der Waals surface area contributed by atoms with Gasteiger partial charge >= 0.3 is 0 Å². The molecule has 92 heavy (non-hydrogen) atoms. The molecule has 0 radical (unpaired) electrons. The smallest absolute Gasteiger partial charge is 0.258 e. The number of halogens is 1. The lowest BCUT2D eigenvalue weighted by Crippen LogP contribution is -2.47. The maximum absolute atomic E-state index is 14.5. The van der Waals surface area contributed by atoms with E-state index in [-0.39, 0.29) is 28.9 Å². The van der Waals surface area contributed by atoms with Crippen LogP contribution in [0.25, 0.3) is 67.7 Å². The molecule has 0 amide bonds. The van der Waals surface area contributed by atoms with Gasteiger partial charge in [-0.1, -0.05) is 6.07 Å². The molecule has 12 aromatic heterocycles. The Bertz CT molecular complexity index is 4950. The monoisotopic (exact) mass is 1240 g/mol. The highest BCUT2D eigenvalue weighted by atomic mass is 19.1. The van der Waals surface area contributed by atoms with Crippen molar-refractivity contribution in [1.82, 2.24) is 81.9 Å². The number of pyridine rings is 4. The summed E-state index contributed by atoms with van der Waals surface area (Å²) in [6.45, 7) is 21.4. The summed E-state index contributed by atoms with van der Waals surface area (Å²) in [5, 5.41) is 21.9. The van der Waals surface area contributed by atoms with E-state index in [0.717, 1.165) is 104 Å². The highest BCUT2D eigenvalue weighted by Crippen LogP contribution is 2.32. The van der Waals surface area contributed by atoms with Crippen LogP contribution in [-0.2, 0) is 0 Å². The van der Waals surface area contributed by atoms with Crippen molar-refractivity contribution in [3.05, 3.63) is 187 Å². The molecule has 15 heterocycles. The Morgan fingerprint density at radius 2 is 1.09 bits per heavy atom. The number of piperazine rings is 1. The molecule has 24 heteroatoms. The van der Waals surface area contributed by atoms with Gasteiger partial charge in [-0.25, -0.2) is 33.4 Å². The SMILES string of the molecule is Cc1cn2cc(-c3cc(=O)n4cc(N5CCN(CCO)CC5)ccc4n3)cc(F)c2n1.Cc1cn2nc(-c3cc(=O)n4cc(C5C[C@H](C)N[C@@H](C)C5)ccc4n3)cc2c(C)n1.Cc1cn2nc(-c3cc(=O)n4cc(N5CC[C@H](CN(C)C)C5)ccc4n3)cc2c(C)n1. The second kappa shape index (κ2) is 25.2. The predicted molar refractivity (Wildman–Crippen MR) is 355 cm³/mol. The van der Waals surface area contributed by atoms with Crippen molar-refractivity contribution in [3.63, 3.8) is 0 Å².